The van der Waals surface area contributed by atoms with Crippen molar-refractivity contribution in [1.82, 2.24) is 0 Å². The van der Waals surface area contributed by atoms with E-state index in [2.05, 4.69) is 93.7 Å². The van der Waals surface area contributed by atoms with Crippen molar-refractivity contribution in [3.8, 4) is 0 Å². The van der Waals surface area contributed by atoms with Crippen LogP contribution >= 0.6 is 0 Å². The van der Waals surface area contributed by atoms with E-state index in [4.69, 9.17) is 14.2 Å². The summed E-state index contributed by atoms with van der Waals surface area (Å²) >= 11 is 0. The van der Waals surface area contributed by atoms with Gasteiger partial charge in [0.2, 0.25) is 0 Å². The minimum Gasteiger partial charge on any atom is -0.462 e. The topological polar surface area (TPSA) is 78.9 Å². The Morgan fingerprint density at radius 2 is 0.710 bits per heavy atom. The molecule has 0 aromatic carbocycles. The third-order valence-corrected chi connectivity index (χ3v) is 10.6. The zero-order chi connectivity index (χ0) is 45.1. The predicted octanol–water partition coefficient (Wildman–Crippen LogP) is 16.8. The molecule has 6 heteroatoms. The lowest BCUT2D eigenvalue weighted by atomic mass is 10.1. The van der Waals surface area contributed by atoms with Crippen molar-refractivity contribution in [3.63, 3.8) is 0 Å². The highest BCUT2D eigenvalue weighted by molar-refractivity contribution is 5.72. The van der Waals surface area contributed by atoms with E-state index in [1.165, 1.54) is 103 Å². The van der Waals surface area contributed by atoms with Gasteiger partial charge in [0, 0.05) is 12.8 Å². The van der Waals surface area contributed by atoms with Crippen molar-refractivity contribution < 1.29 is 28.6 Å². The second-order valence-corrected chi connectivity index (χ2v) is 16.7. The Kier molecular flexibility index (Phi) is 47.5. The Morgan fingerprint density at radius 1 is 0.355 bits per heavy atom. The van der Waals surface area contributed by atoms with Gasteiger partial charge in [0.15, 0.2) is 6.10 Å². The summed E-state index contributed by atoms with van der Waals surface area (Å²) in [6.45, 7) is 6.36. The number of ether oxygens (including phenoxy) is 3. The van der Waals surface area contributed by atoms with E-state index in [0.717, 1.165) is 89.9 Å². The second kappa shape index (κ2) is 50.2. The van der Waals surface area contributed by atoms with Crippen LogP contribution in [0, 0.1) is 0 Å². The molecular weight excluding hydrogens is 769 g/mol. The number of carbonyl (C=O) groups is 3. The molecule has 0 fully saturated rings. The van der Waals surface area contributed by atoms with Crippen LogP contribution in [-0.4, -0.2) is 37.2 Å². The minimum atomic E-state index is -0.833. The Balaban J connectivity index is 4.44. The standard InChI is InChI=1S/C56H94O6/c1-4-7-10-13-16-19-22-24-26-27-28-29-31-32-34-37-40-43-46-49-55(58)61-52-53(51-60-54(57)48-45-42-39-36-21-18-15-12-9-6-3)62-56(59)50-47-44-41-38-35-33-30-25-23-20-17-14-11-8-5-2/h8,11-12,15,17,20,24-26,30,35,38,44,47,53H,4-7,9-10,13-14,16,18-19,21-23,27-29,31-34,36-37,39-43,45-46,48-52H2,1-3H3/b11-8-,15-12-,20-17-,26-24-,30-25-,38-35-,47-44-. The zero-order valence-electron chi connectivity index (χ0n) is 40.4. The fourth-order valence-electron chi connectivity index (χ4n) is 6.81. The summed E-state index contributed by atoms with van der Waals surface area (Å²) in [4.78, 5) is 37.8. The molecule has 1 unspecified atom stereocenters. The summed E-state index contributed by atoms with van der Waals surface area (Å²) in [5.74, 6) is -1.07. The Morgan fingerprint density at radius 3 is 1.11 bits per heavy atom. The smallest absolute Gasteiger partial charge is 0.310 e. The molecule has 354 valence electrons. The average molecular weight is 863 g/mol. The number of hydrogen-bond acceptors (Lipinski definition) is 6. The molecule has 0 saturated heterocycles. The van der Waals surface area contributed by atoms with Crippen LogP contribution in [0.4, 0.5) is 0 Å². The molecule has 0 radical (unpaired) electrons. The molecular formula is C56H94O6. The quantitative estimate of drug-likeness (QED) is 0.0263. The number of carbonyl (C=O) groups excluding carboxylic acids is 3. The van der Waals surface area contributed by atoms with E-state index >= 15 is 0 Å². The molecule has 0 bridgehead atoms. The summed E-state index contributed by atoms with van der Waals surface area (Å²) in [5.41, 5.74) is 0. The first-order chi connectivity index (χ1) is 30.5. The molecule has 0 amide bonds. The number of unbranched alkanes of at least 4 members (excludes halogenated alkanes) is 21. The van der Waals surface area contributed by atoms with Crippen molar-refractivity contribution in [3.05, 3.63) is 85.1 Å². The molecule has 0 aliphatic carbocycles. The molecule has 0 aromatic heterocycles. The number of esters is 3. The van der Waals surface area contributed by atoms with Crippen LogP contribution in [0.1, 0.15) is 233 Å². The van der Waals surface area contributed by atoms with E-state index < -0.39 is 12.1 Å². The van der Waals surface area contributed by atoms with Gasteiger partial charge in [-0.15, -0.1) is 0 Å². The van der Waals surface area contributed by atoms with Gasteiger partial charge in [-0.2, -0.15) is 0 Å². The highest BCUT2D eigenvalue weighted by Crippen LogP contribution is 2.14. The Bertz CT molecular complexity index is 1220. The highest BCUT2D eigenvalue weighted by atomic mass is 16.6. The lowest BCUT2D eigenvalue weighted by Gasteiger charge is -2.18. The Hall–Kier alpha value is -3.41. The monoisotopic (exact) mass is 863 g/mol. The first kappa shape index (κ1) is 58.6. The first-order valence-electron chi connectivity index (χ1n) is 25.6. The molecule has 0 spiro atoms. The van der Waals surface area contributed by atoms with Crippen molar-refractivity contribution in [2.75, 3.05) is 13.2 Å². The van der Waals surface area contributed by atoms with Gasteiger partial charge in [0.1, 0.15) is 13.2 Å². The first-order valence-corrected chi connectivity index (χ1v) is 25.6. The maximum Gasteiger partial charge on any atom is 0.310 e. The summed E-state index contributed by atoms with van der Waals surface area (Å²) in [5, 5.41) is 0. The van der Waals surface area contributed by atoms with Gasteiger partial charge in [-0.3, -0.25) is 14.4 Å². The van der Waals surface area contributed by atoms with E-state index in [9.17, 15) is 14.4 Å². The molecule has 1 atom stereocenters. The van der Waals surface area contributed by atoms with Gasteiger partial charge in [-0.05, 0) is 89.9 Å². The van der Waals surface area contributed by atoms with Crippen molar-refractivity contribution in [1.29, 1.82) is 0 Å². The molecule has 0 aromatic rings. The molecule has 0 aliphatic rings. The fourth-order valence-corrected chi connectivity index (χ4v) is 6.81. The molecule has 0 N–H and O–H groups in total. The van der Waals surface area contributed by atoms with Crippen LogP contribution in [-0.2, 0) is 28.6 Å². The summed E-state index contributed by atoms with van der Waals surface area (Å²) in [6.07, 6.45) is 64.6. The maximum absolute atomic E-state index is 12.7. The van der Waals surface area contributed by atoms with Crippen LogP contribution in [0.5, 0.6) is 0 Å². The van der Waals surface area contributed by atoms with Gasteiger partial charge in [-0.25, -0.2) is 0 Å². The Labute approximate surface area is 382 Å². The van der Waals surface area contributed by atoms with E-state index in [1.807, 2.05) is 6.08 Å². The number of hydrogen-bond donors (Lipinski definition) is 0. The average Bonchev–Trinajstić information content (AvgIpc) is 3.27. The zero-order valence-corrected chi connectivity index (χ0v) is 40.4. The van der Waals surface area contributed by atoms with Gasteiger partial charge in [0.25, 0.3) is 0 Å². The van der Waals surface area contributed by atoms with Crippen LogP contribution in [0.3, 0.4) is 0 Å². The van der Waals surface area contributed by atoms with E-state index in [-0.39, 0.29) is 31.6 Å². The summed E-state index contributed by atoms with van der Waals surface area (Å²) < 4.78 is 16.6. The largest absolute Gasteiger partial charge is 0.462 e. The molecule has 0 heterocycles. The van der Waals surface area contributed by atoms with Gasteiger partial charge in [0.05, 0.1) is 6.42 Å². The SMILES string of the molecule is CC/C=C\C/C=C\C/C=C\C/C=C\C/C=C\CC(=O)OC(COC(=O)CCCCCCC/C=C\CCC)COC(=O)CCCCCCCCCCC/C=C\CCCCCCCC. The number of allylic oxidation sites excluding steroid dienone is 13. The molecule has 0 rings (SSSR count). The molecule has 0 saturated carbocycles. The van der Waals surface area contributed by atoms with Gasteiger partial charge in [-0.1, -0.05) is 209 Å². The van der Waals surface area contributed by atoms with Crippen LogP contribution in [0.25, 0.3) is 0 Å². The molecule has 6 nitrogen and oxygen atoms in total. The van der Waals surface area contributed by atoms with Crippen LogP contribution < -0.4 is 0 Å². The second-order valence-electron chi connectivity index (χ2n) is 16.7. The summed E-state index contributed by atoms with van der Waals surface area (Å²) in [6, 6.07) is 0. The van der Waals surface area contributed by atoms with Crippen LogP contribution in [0.15, 0.2) is 85.1 Å². The lowest BCUT2D eigenvalue weighted by molar-refractivity contribution is -0.166. The van der Waals surface area contributed by atoms with Crippen molar-refractivity contribution in [2.24, 2.45) is 0 Å². The highest BCUT2D eigenvalue weighted by Gasteiger charge is 2.19. The normalized spacial score (nSPS) is 12.8. The minimum absolute atomic E-state index is 0.0943. The third kappa shape index (κ3) is 47.6. The van der Waals surface area contributed by atoms with Crippen LogP contribution in [0.2, 0.25) is 0 Å². The third-order valence-electron chi connectivity index (χ3n) is 10.6. The number of rotatable bonds is 45. The summed E-state index contributed by atoms with van der Waals surface area (Å²) in [7, 11) is 0. The van der Waals surface area contributed by atoms with E-state index in [0.29, 0.717) is 12.8 Å². The van der Waals surface area contributed by atoms with Gasteiger partial charge < -0.3 is 14.2 Å². The van der Waals surface area contributed by atoms with Crippen molar-refractivity contribution in [2.45, 2.75) is 239 Å². The fraction of sp³-hybridized carbons (Fsp3) is 0.696. The van der Waals surface area contributed by atoms with Gasteiger partial charge >= 0.3 is 17.9 Å². The molecule has 62 heavy (non-hydrogen) atoms. The predicted molar refractivity (Wildman–Crippen MR) is 265 cm³/mol. The maximum atomic E-state index is 12.7. The van der Waals surface area contributed by atoms with E-state index in [1.54, 1.807) is 6.08 Å². The van der Waals surface area contributed by atoms with Crippen molar-refractivity contribution >= 4 is 17.9 Å². The lowest BCUT2D eigenvalue weighted by Crippen LogP contribution is -2.30. The molecule has 0 aliphatic heterocycles.